The molecule has 1 unspecified atom stereocenters. The molecule has 1 fully saturated rings. The van der Waals surface area contributed by atoms with Crippen LogP contribution in [0, 0.1) is 12.8 Å². The van der Waals surface area contributed by atoms with Gasteiger partial charge in [-0.1, -0.05) is 46.6 Å². The Bertz CT molecular complexity index is 333. The van der Waals surface area contributed by atoms with Crippen molar-refractivity contribution < 1.29 is 4.74 Å². The minimum Gasteiger partial charge on any atom is -0.372 e. The zero-order valence-corrected chi connectivity index (χ0v) is 11.4. The predicted octanol–water partition coefficient (Wildman–Crippen LogP) is 4.25. The van der Waals surface area contributed by atoms with Crippen LogP contribution in [0.15, 0.2) is 24.3 Å². The first-order valence-electron chi connectivity index (χ1n) is 6.04. The normalized spacial score (nSPS) is 18.1. The van der Waals surface area contributed by atoms with Gasteiger partial charge in [0, 0.05) is 5.33 Å². The third kappa shape index (κ3) is 2.86. The van der Waals surface area contributed by atoms with Crippen LogP contribution in [-0.4, -0.2) is 11.9 Å². The molecule has 1 atom stereocenters. The first kappa shape index (κ1) is 12.1. The summed E-state index contributed by atoms with van der Waals surface area (Å²) in [7, 11) is 0. The first-order valence-corrected chi connectivity index (χ1v) is 7.16. The van der Waals surface area contributed by atoms with E-state index in [4.69, 9.17) is 4.74 Å². The van der Waals surface area contributed by atoms with E-state index in [0.717, 1.165) is 17.9 Å². The maximum atomic E-state index is 6.02. The Labute approximate surface area is 106 Å². The molecule has 1 aromatic rings. The summed E-state index contributed by atoms with van der Waals surface area (Å²) < 4.78 is 6.02. The van der Waals surface area contributed by atoms with Gasteiger partial charge in [0.05, 0.1) is 12.7 Å². The number of hydrogen-bond donors (Lipinski definition) is 0. The van der Waals surface area contributed by atoms with Crippen molar-refractivity contribution in [3.05, 3.63) is 35.4 Å². The Hall–Kier alpha value is -0.340. The first-order chi connectivity index (χ1) is 7.81. The molecule has 0 N–H and O–H groups in total. The number of aryl methyl sites for hydroxylation is 1. The van der Waals surface area contributed by atoms with Gasteiger partial charge in [-0.05, 0) is 36.8 Å². The fraction of sp³-hybridized carbons (Fsp3) is 0.571. The molecule has 0 bridgehead atoms. The molecule has 0 radical (unpaired) electrons. The summed E-state index contributed by atoms with van der Waals surface area (Å²) in [5, 5.41) is 0.880. The van der Waals surface area contributed by atoms with Crippen LogP contribution < -0.4 is 0 Å². The molecule has 0 heterocycles. The van der Waals surface area contributed by atoms with Crippen LogP contribution in [0.2, 0.25) is 0 Å². The van der Waals surface area contributed by atoms with Gasteiger partial charge in [0.2, 0.25) is 0 Å². The quantitative estimate of drug-likeness (QED) is 0.734. The molecule has 16 heavy (non-hydrogen) atoms. The fourth-order valence-corrected chi connectivity index (χ4v) is 2.61. The molecule has 2 heteroatoms. The van der Waals surface area contributed by atoms with Crippen LogP contribution in [0.3, 0.4) is 0 Å². The topological polar surface area (TPSA) is 9.23 Å². The average molecular weight is 283 g/mol. The third-order valence-electron chi connectivity index (χ3n) is 3.43. The molecular weight excluding hydrogens is 264 g/mol. The van der Waals surface area contributed by atoms with Crippen LogP contribution in [0.4, 0.5) is 0 Å². The van der Waals surface area contributed by atoms with Gasteiger partial charge >= 0.3 is 0 Å². The summed E-state index contributed by atoms with van der Waals surface area (Å²) in [6.07, 6.45) is 4.30. The summed E-state index contributed by atoms with van der Waals surface area (Å²) in [6, 6.07) is 8.49. The fourth-order valence-electron chi connectivity index (χ4n) is 2.08. The number of ether oxygens (including phenoxy) is 1. The minimum atomic E-state index is 0.210. The molecule has 1 nitrogen and oxygen atoms in total. The summed E-state index contributed by atoms with van der Waals surface area (Å²) in [4.78, 5) is 0. The molecule has 88 valence electrons. The zero-order chi connectivity index (χ0) is 11.4. The lowest BCUT2D eigenvalue weighted by molar-refractivity contribution is 0.0221. The SMILES string of the molecule is Cc1ccccc1C(CBr)OCC1CCC1. The Kier molecular flexibility index (Phi) is 4.42. The van der Waals surface area contributed by atoms with Crippen LogP contribution in [0.25, 0.3) is 0 Å². The van der Waals surface area contributed by atoms with E-state index in [0.29, 0.717) is 0 Å². The molecule has 0 aromatic heterocycles. The Balaban J connectivity index is 1.95. The van der Waals surface area contributed by atoms with Gasteiger partial charge in [-0.2, -0.15) is 0 Å². The van der Waals surface area contributed by atoms with E-state index in [-0.39, 0.29) is 6.10 Å². The van der Waals surface area contributed by atoms with E-state index >= 15 is 0 Å². The van der Waals surface area contributed by atoms with Crippen molar-refractivity contribution >= 4 is 15.9 Å². The molecule has 1 aliphatic carbocycles. The van der Waals surface area contributed by atoms with Crippen molar-refractivity contribution in [3.8, 4) is 0 Å². The summed E-state index contributed by atoms with van der Waals surface area (Å²) in [5.41, 5.74) is 2.64. The monoisotopic (exact) mass is 282 g/mol. The highest BCUT2D eigenvalue weighted by atomic mass is 79.9. The summed E-state index contributed by atoms with van der Waals surface area (Å²) in [5.74, 6) is 0.811. The molecule has 0 saturated heterocycles. The Morgan fingerprint density at radius 3 is 2.69 bits per heavy atom. The maximum Gasteiger partial charge on any atom is 0.0924 e. The van der Waals surface area contributed by atoms with Gasteiger partial charge in [0.25, 0.3) is 0 Å². The van der Waals surface area contributed by atoms with E-state index in [1.54, 1.807) is 0 Å². The second-order valence-electron chi connectivity index (χ2n) is 4.63. The van der Waals surface area contributed by atoms with E-state index in [9.17, 15) is 0 Å². The summed E-state index contributed by atoms with van der Waals surface area (Å²) in [6.45, 7) is 3.07. The minimum absolute atomic E-state index is 0.210. The standard InChI is InChI=1S/C14H19BrO/c1-11-5-2-3-8-13(11)14(9-15)16-10-12-6-4-7-12/h2-3,5,8,12,14H,4,6-7,9-10H2,1H3. The lowest BCUT2D eigenvalue weighted by Crippen LogP contribution is -2.20. The van der Waals surface area contributed by atoms with Crippen molar-refractivity contribution in [1.29, 1.82) is 0 Å². The maximum absolute atomic E-state index is 6.02. The van der Waals surface area contributed by atoms with Crippen LogP contribution in [-0.2, 0) is 4.74 Å². The lowest BCUT2D eigenvalue weighted by atomic mass is 9.86. The van der Waals surface area contributed by atoms with Gasteiger partial charge in [-0.25, -0.2) is 0 Å². The van der Waals surface area contributed by atoms with Crippen molar-refractivity contribution in [2.45, 2.75) is 32.3 Å². The van der Waals surface area contributed by atoms with Crippen molar-refractivity contribution in [2.75, 3.05) is 11.9 Å². The lowest BCUT2D eigenvalue weighted by Gasteiger charge is -2.27. The number of alkyl halides is 1. The largest absolute Gasteiger partial charge is 0.372 e. The molecule has 0 aliphatic heterocycles. The molecular formula is C14H19BrO. The number of rotatable bonds is 5. The van der Waals surface area contributed by atoms with Gasteiger partial charge < -0.3 is 4.74 Å². The van der Waals surface area contributed by atoms with Gasteiger partial charge in [-0.15, -0.1) is 0 Å². The second-order valence-corrected chi connectivity index (χ2v) is 5.28. The summed E-state index contributed by atoms with van der Waals surface area (Å²) >= 11 is 3.55. The van der Waals surface area contributed by atoms with Crippen LogP contribution in [0.1, 0.15) is 36.5 Å². The average Bonchev–Trinajstić information content (AvgIpc) is 2.23. The van der Waals surface area contributed by atoms with E-state index in [1.807, 2.05) is 0 Å². The number of hydrogen-bond acceptors (Lipinski definition) is 1. The zero-order valence-electron chi connectivity index (χ0n) is 9.79. The smallest absolute Gasteiger partial charge is 0.0924 e. The highest BCUT2D eigenvalue weighted by Crippen LogP contribution is 2.30. The van der Waals surface area contributed by atoms with Crippen molar-refractivity contribution in [2.24, 2.45) is 5.92 Å². The highest BCUT2D eigenvalue weighted by Gasteiger charge is 2.20. The van der Waals surface area contributed by atoms with E-state index in [1.165, 1.54) is 30.4 Å². The Morgan fingerprint density at radius 1 is 1.38 bits per heavy atom. The van der Waals surface area contributed by atoms with Crippen LogP contribution >= 0.6 is 15.9 Å². The molecule has 0 amide bonds. The third-order valence-corrected chi connectivity index (χ3v) is 4.02. The van der Waals surface area contributed by atoms with E-state index in [2.05, 4.69) is 47.1 Å². The molecule has 1 saturated carbocycles. The molecule has 1 aromatic carbocycles. The number of halogens is 1. The van der Waals surface area contributed by atoms with Crippen LogP contribution in [0.5, 0.6) is 0 Å². The molecule has 1 aliphatic rings. The van der Waals surface area contributed by atoms with Crippen molar-refractivity contribution in [3.63, 3.8) is 0 Å². The van der Waals surface area contributed by atoms with Crippen molar-refractivity contribution in [1.82, 2.24) is 0 Å². The molecule has 2 rings (SSSR count). The van der Waals surface area contributed by atoms with E-state index < -0.39 is 0 Å². The molecule has 0 spiro atoms. The highest BCUT2D eigenvalue weighted by molar-refractivity contribution is 9.09. The number of benzene rings is 1. The Morgan fingerprint density at radius 2 is 2.12 bits per heavy atom. The second kappa shape index (κ2) is 5.83. The predicted molar refractivity (Wildman–Crippen MR) is 71.0 cm³/mol. The van der Waals surface area contributed by atoms with Gasteiger partial charge in [0.15, 0.2) is 0 Å². The van der Waals surface area contributed by atoms with Gasteiger partial charge in [0.1, 0.15) is 0 Å². The van der Waals surface area contributed by atoms with Gasteiger partial charge in [-0.3, -0.25) is 0 Å².